The third kappa shape index (κ3) is 4.13. The number of halogens is 1. The molecule has 3 nitrogen and oxygen atoms in total. The van der Waals surface area contributed by atoms with Gasteiger partial charge < -0.3 is 10.4 Å². The van der Waals surface area contributed by atoms with Crippen molar-refractivity contribution < 1.29 is 14.3 Å². The Balaban J connectivity index is 2.02. The standard InChI is InChI=1S/C17H18FNO2/c1-12(13-7-9-15(18)10-8-13)19-11-16(17(20)21)14-5-3-2-4-6-14/h2-10,12,16,19H,11H2,1H3,(H,20,21)/t12-,16?/m0/s1. The van der Waals surface area contributed by atoms with Crippen LogP contribution in [0.5, 0.6) is 0 Å². The van der Waals surface area contributed by atoms with Crippen molar-refractivity contribution >= 4 is 5.97 Å². The van der Waals surface area contributed by atoms with E-state index in [4.69, 9.17) is 0 Å². The maximum Gasteiger partial charge on any atom is 0.312 e. The molecule has 0 spiro atoms. The van der Waals surface area contributed by atoms with E-state index in [9.17, 15) is 14.3 Å². The molecule has 0 aliphatic rings. The molecule has 0 bridgehead atoms. The largest absolute Gasteiger partial charge is 0.481 e. The highest BCUT2D eigenvalue weighted by molar-refractivity contribution is 5.76. The number of aliphatic carboxylic acids is 1. The Morgan fingerprint density at radius 1 is 1.10 bits per heavy atom. The van der Waals surface area contributed by atoms with Crippen molar-refractivity contribution in [1.82, 2.24) is 5.32 Å². The first-order chi connectivity index (χ1) is 10.1. The number of carboxylic acid groups (broad SMARTS) is 1. The van der Waals surface area contributed by atoms with E-state index >= 15 is 0 Å². The lowest BCUT2D eigenvalue weighted by molar-refractivity contribution is -0.138. The van der Waals surface area contributed by atoms with Crippen LogP contribution in [0.2, 0.25) is 0 Å². The summed E-state index contributed by atoms with van der Waals surface area (Å²) in [6, 6.07) is 15.3. The Labute approximate surface area is 123 Å². The summed E-state index contributed by atoms with van der Waals surface area (Å²) in [6.07, 6.45) is 0. The number of hydrogen-bond acceptors (Lipinski definition) is 2. The second-order valence-corrected chi connectivity index (χ2v) is 4.98. The first-order valence-corrected chi connectivity index (χ1v) is 6.84. The SMILES string of the molecule is C[C@H](NCC(C(=O)O)c1ccccc1)c1ccc(F)cc1. The molecule has 2 rings (SSSR count). The number of rotatable bonds is 6. The van der Waals surface area contributed by atoms with Gasteiger partial charge in [-0.15, -0.1) is 0 Å². The second-order valence-electron chi connectivity index (χ2n) is 4.98. The van der Waals surface area contributed by atoms with Gasteiger partial charge in [0.15, 0.2) is 0 Å². The molecular weight excluding hydrogens is 269 g/mol. The van der Waals surface area contributed by atoms with Crippen LogP contribution in [0, 0.1) is 5.82 Å². The van der Waals surface area contributed by atoms with E-state index in [0.717, 1.165) is 11.1 Å². The minimum atomic E-state index is -0.861. The summed E-state index contributed by atoms with van der Waals surface area (Å²) in [7, 11) is 0. The molecule has 0 amide bonds. The van der Waals surface area contributed by atoms with Gasteiger partial charge in [0.1, 0.15) is 5.82 Å². The van der Waals surface area contributed by atoms with Gasteiger partial charge in [0.25, 0.3) is 0 Å². The molecule has 0 aromatic heterocycles. The topological polar surface area (TPSA) is 49.3 Å². The van der Waals surface area contributed by atoms with E-state index in [0.29, 0.717) is 6.54 Å². The lowest BCUT2D eigenvalue weighted by Crippen LogP contribution is -2.29. The molecule has 0 radical (unpaired) electrons. The Morgan fingerprint density at radius 3 is 2.29 bits per heavy atom. The molecule has 2 aromatic carbocycles. The fraction of sp³-hybridized carbons (Fsp3) is 0.235. The number of carbonyl (C=O) groups is 1. The molecular formula is C17H18FNO2. The molecule has 4 heteroatoms. The molecule has 1 unspecified atom stereocenters. The Bertz CT molecular complexity index is 583. The molecule has 0 aliphatic carbocycles. The minimum absolute atomic E-state index is 0.0452. The van der Waals surface area contributed by atoms with Crippen LogP contribution in [0.15, 0.2) is 54.6 Å². The maximum absolute atomic E-state index is 12.9. The molecule has 2 N–H and O–H groups in total. The van der Waals surface area contributed by atoms with Crippen molar-refractivity contribution in [2.24, 2.45) is 0 Å². The lowest BCUT2D eigenvalue weighted by Gasteiger charge is -2.18. The van der Waals surface area contributed by atoms with E-state index in [1.807, 2.05) is 37.3 Å². The van der Waals surface area contributed by atoms with Gasteiger partial charge in [0.2, 0.25) is 0 Å². The van der Waals surface area contributed by atoms with Crippen molar-refractivity contribution in [3.63, 3.8) is 0 Å². The van der Waals surface area contributed by atoms with Crippen LogP contribution in [0.1, 0.15) is 30.0 Å². The van der Waals surface area contributed by atoms with Crippen molar-refractivity contribution in [2.45, 2.75) is 18.9 Å². The fourth-order valence-electron chi connectivity index (χ4n) is 2.20. The third-order valence-corrected chi connectivity index (χ3v) is 3.50. The Morgan fingerprint density at radius 2 is 1.71 bits per heavy atom. The van der Waals surface area contributed by atoms with Gasteiger partial charge >= 0.3 is 5.97 Å². The normalized spacial score (nSPS) is 13.6. The predicted octanol–water partition coefficient (Wildman–Crippen LogP) is 3.34. The Kier molecular flexibility index (Phi) is 5.06. The summed E-state index contributed by atoms with van der Waals surface area (Å²) < 4.78 is 12.9. The number of nitrogens with one attached hydrogen (secondary N) is 1. The molecule has 0 saturated heterocycles. The summed E-state index contributed by atoms with van der Waals surface area (Å²) in [5.41, 5.74) is 1.69. The van der Waals surface area contributed by atoms with Crippen molar-refractivity contribution in [2.75, 3.05) is 6.54 Å². The second kappa shape index (κ2) is 6.99. The van der Waals surface area contributed by atoms with Gasteiger partial charge in [0.05, 0.1) is 5.92 Å². The molecule has 0 heterocycles. The summed E-state index contributed by atoms with van der Waals surface area (Å²) in [6.45, 7) is 2.25. The number of benzene rings is 2. The monoisotopic (exact) mass is 287 g/mol. The third-order valence-electron chi connectivity index (χ3n) is 3.50. The molecule has 2 aromatic rings. The van der Waals surface area contributed by atoms with E-state index in [1.165, 1.54) is 12.1 Å². The zero-order valence-corrected chi connectivity index (χ0v) is 11.8. The number of carboxylic acids is 1. The van der Waals surface area contributed by atoms with E-state index < -0.39 is 11.9 Å². The highest BCUT2D eigenvalue weighted by Crippen LogP contribution is 2.18. The van der Waals surface area contributed by atoms with E-state index in [1.54, 1.807) is 12.1 Å². The van der Waals surface area contributed by atoms with Gasteiger partial charge in [-0.3, -0.25) is 4.79 Å². The summed E-state index contributed by atoms with van der Waals surface area (Å²) in [5.74, 6) is -1.74. The van der Waals surface area contributed by atoms with Gasteiger partial charge in [0, 0.05) is 12.6 Å². The van der Waals surface area contributed by atoms with Crippen LogP contribution in [-0.4, -0.2) is 17.6 Å². The van der Waals surface area contributed by atoms with Gasteiger partial charge in [-0.2, -0.15) is 0 Å². The first kappa shape index (κ1) is 15.2. The smallest absolute Gasteiger partial charge is 0.312 e. The van der Waals surface area contributed by atoms with Gasteiger partial charge in [-0.1, -0.05) is 42.5 Å². The average molecular weight is 287 g/mol. The lowest BCUT2D eigenvalue weighted by atomic mass is 9.98. The molecule has 0 saturated carbocycles. The number of hydrogen-bond donors (Lipinski definition) is 2. The van der Waals surface area contributed by atoms with Crippen LogP contribution in [0.25, 0.3) is 0 Å². The van der Waals surface area contributed by atoms with E-state index in [-0.39, 0.29) is 11.9 Å². The quantitative estimate of drug-likeness (QED) is 0.856. The zero-order valence-electron chi connectivity index (χ0n) is 11.8. The molecule has 110 valence electrons. The highest BCUT2D eigenvalue weighted by atomic mass is 19.1. The zero-order chi connectivity index (χ0) is 15.2. The fourth-order valence-corrected chi connectivity index (χ4v) is 2.20. The molecule has 0 aliphatic heterocycles. The summed E-state index contributed by atoms with van der Waals surface area (Å²) in [4.78, 5) is 11.4. The molecule has 2 atom stereocenters. The molecule has 21 heavy (non-hydrogen) atoms. The van der Waals surface area contributed by atoms with E-state index in [2.05, 4.69) is 5.32 Å². The predicted molar refractivity (Wildman–Crippen MR) is 79.6 cm³/mol. The van der Waals surface area contributed by atoms with Gasteiger partial charge in [-0.25, -0.2) is 4.39 Å². The molecule has 0 fully saturated rings. The average Bonchev–Trinajstić information content (AvgIpc) is 2.48. The maximum atomic E-state index is 12.9. The first-order valence-electron chi connectivity index (χ1n) is 6.84. The van der Waals surface area contributed by atoms with Crippen LogP contribution < -0.4 is 5.32 Å². The van der Waals surface area contributed by atoms with Crippen LogP contribution >= 0.6 is 0 Å². The summed E-state index contributed by atoms with van der Waals surface area (Å²) >= 11 is 0. The van der Waals surface area contributed by atoms with Crippen molar-refractivity contribution in [1.29, 1.82) is 0 Å². The minimum Gasteiger partial charge on any atom is -0.481 e. The highest BCUT2D eigenvalue weighted by Gasteiger charge is 2.20. The van der Waals surface area contributed by atoms with Crippen molar-refractivity contribution in [3.05, 3.63) is 71.5 Å². The summed E-state index contributed by atoms with van der Waals surface area (Å²) in [5, 5.41) is 12.6. The van der Waals surface area contributed by atoms with Crippen LogP contribution in [0.4, 0.5) is 4.39 Å². The van der Waals surface area contributed by atoms with Gasteiger partial charge in [-0.05, 0) is 30.2 Å². The van der Waals surface area contributed by atoms with Crippen LogP contribution in [0.3, 0.4) is 0 Å². The van der Waals surface area contributed by atoms with Crippen LogP contribution in [-0.2, 0) is 4.79 Å². The Hall–Kier alpha value is -2.20. The van der Waals surface area contributed by atoms with Crippen molar-refractivity contribution in [3.8, 4) is 0 Å².